The van der Waals surface area contributed by atoms with Crippen LogP contribution < -0.4 is 0 Å². The summed E-state index contributed by atoms with van der Waals surface area (Å²) in [5.74, 6) is -1.05. The fourth-order valence-corrected chi connectivity index (χ4v) is 11.4. The van der Waals surface area contributed by atoms with Gasteiger partial charge in [-0.2, -0.15) is 0 Å². The van der Waals surface area contributed by atoms with Gasteiger partial charge in [-0.1, -0.05) is 32.4 Å². The number of hydrogen-bond acceptors (Lipinski definition) is 11. The molecule has 0 spiro atoms. The highest BCUT2D eigenvalue weighted by Gasteiger charge is 2.75. The monoisotopic (exact) mass is 648 g/mol. The molecule has 46 heavy (non-hydrogen) atoms. The van der Waals surface area contributed by atoms with Crippen molar-refractivity contribution in [3.05, 3.63) is 22.8 Å². The molecule has 17 atom stereocenters. The molecule has 0 amide bonds. The fraction of sp³-hybridized carbons (Fsp3) is 0.886. The van der Waals surface area contributed by atoms with Crippen LogP contribution >= 0.6 is 0 Å². The summed E-state index contributed by atoms with van der Waals surface area (Å²) in [5, 5.41) is 63.7. The molecule has 5 fully saturated rings. The van der Waals surface area contributed by atoms with Gasteiger partial charge in [-0.15, -0.1) is 0 Å². The number of aliphatic hydroxyl groups excluding tert-OH is 5. The lowest BCUT2D eigenvalue weighted by Gasteiger charge is -2.54. The smallest absolute Gasteiger partial charge is 0.197 e. The van der Waals surface area contributed by atoms with E-state index in [4.69, 9.17) is 23.7 Å². The minimum absolute atomic E-state index is 0.0293. The van der Waals surface area contributed by atoms with Crippen molar-refractivity contribution in [2.24, 2.45) is 34.5 Å². The molecule has 8 rings (SSSR count). The SMILES string of the molecule is CC1COC2(C)OC3C(C4CC=C5C6=C(CCC54C)C4(C)CCC(OC5OC(CO)C(O)C(O)C5O)CC4CC6)C(O)OC3C12O. The van der Waals surface area contributed by atoms with E-state index in [-0.39, 0.29) is 34.7 Å². The molecule has 0 aromatic carbocycles. The first-order chi connectivity index (χ1) is 21.8. The fourth-order valence-electron chi connectivity index (χ4n) is 11.4. The van der Waals surface area contributed by atoms with Crippen molar-refractivity contribution in [1.29, 1.82) is 0 Å². The first-order valence-electron chi connectivity index (χ1n) is 17.5. The topological polar surface area (TPSA) is 168 Å². The van der Waals surface area contributed by atoms with Crippen molar-refractivity contribution in [2.75, 3.05) is 13.2 Å². The first kappa shape index (κ1) is 32.3. The van der Waals surface area contributed by atoms with Crippen LogP contribution in [-0.2, 0) is 23.7 Å². The van der Waals surface area contributed by atoms with Crippen LogP contribution in [0.1, 0.15) is 79.1 Å². The van der Waals surface area contributed by atoms with Gasteiger partial charge in [0.1, 0.15) is 30.5 Å². The maximum Gasteiger partial charge on any atom is 0.197 e. The quantitative estimate of drug-likeness (QED) is 0.262. The summed E-state index contributed by atoms with van der Waals surface area (Å²) in [6.07, 6.45) is 1.20. The van der Waals surface area contributed by atoms with Crippen molar-refractivity contribution in [1.82, 2.24) is 0 Å². The molecule has 17 unspecified atom stereocenters. The second-order valence-corrected chi connectivity index (χ2v) is 16.3. The summed E-state index contributed by atoms with van der Waals surface area (Å²) in [6, 6.07) is 0. The van der Waals surface area contributed by atoms with Crippen LogP contribution in [0.25, 0.3) is 0 Å². The van der Waals surface area contributed by atoms with Crippen LogP contribution in [0.4, 0.5) is 0 Å². The molecule has 11 nitrogen and oxygen atoms in total. The van der Waals surface area contributed by atoms with Gasteiger partial charge in [-0.3, -0.25) is 0 Å². The molecule has 1 saturated carbocycles. The summed E-state index contributed by atoms with van der Waals surface area (Å²) in [4.78, 5) is 0. The highest BCUT2D eigenvalue weighted by atomic mass is 16.8. The van der Waals surface area contributed by atoms with Crippen molar-refractivity contribution in [2.45, 2.75) is 146 Å². The Hall–Kier alpha value is -0.960. The third-order valence-electron chi connectivity index (χ3n) is 14.3. The van der Waals surface area contributed by atoms with E-state index in [9.17, 15) is 30.6 Å². The van der Waals surface area contributed by atoms with E-state index in [1.165, 1.54) is 11.1 Å². The molecule has 11 heteroatoms. The molecule has 0 radical (unpaired) electrons. The minimum Gasteiger partial charge on any atom is -0.394 e. The van der Waals surface area contributed by atoms with E-state index < -0.39 is 67.2 Å². The lowest BCUT2D eigenvalue weighted by Crippen LogP contribution is -2.60. The van der Waals surface area contributed by atoms with E-state index in [2.05, 4.69) is 19.9 Å². The van der Waals surface area contributed by atoms with E-state index in [1.54, 1.807) is 5.57 Å². The Morgan fingerprint density at radius 2 is 1.74 bits per heavy atom. The zero-order valence-corrected chi connectivity index (χ0v) is 27.4. The Labute approximate surface area is 270 Å². The van der Waals surface area contributed by atoms with E-state index in [1.807, 2.05) is 13.8 Å². The van der Waals surface area contributed by atoms with E-state index in [0.717, 1.165) is 51.4 Å². The van der Waals surface area contributed by atoms with Crippen LogP contribution in [-0.4, -0.2) is 111 Å². The molecule has 4 aliphatic heterocycles. The second-order valence-electron chi connectivity index (χ2n) is 16.3. The molecule has 4 saturated heterocycles. The Kier molecular flexibility index (Phi) is 7.55. The highest BCUT2D eigenvalue weighted by molar-refractivity contribution is 5.50. The molecule has 0 bridgehead atoms. The molecular weight excluding hydrogens is 596 g/mol. The summed E-state index contributed by atoms with van der Waals surface area (Å²) in [6.45, 7) is 8.44. The largest absolute Gasteiger partial charge is 0.394 e. The van der Waals surface area contributed by atoms with Crippen molar-refractivity contribution >= 4 is 0 Å². The predicted octanol–water partition coefficient (Wildman–Crippen LogP) is 1.66. The second kappa shape index (κ2) is 10.8. The summed E-state index contributed by atoms with van der Waals surface area (Å²) in [7, 11) is 0. The Morgan fingerprint density at radius 3 is 2.50 bits per heavy atom. The standard InChI is InChI=1S/C35H52O11/c1-16-15-42-34(4)35(16,41)29-28(46-34)24(30(40)45-29)22-8-7-20-19-6-5-17-13-18(9-11-32(17,2)21(19)10-12-33(20,22)3)43-31-27(39)26(38)25(37)23(14-36)44-31/h7,16-18,22-31,36-41H,5-6,8-15H2,1-4H3. The summed E-state index contributed by atoms with van der Waals surface area (Å²) >= 11 is 0. The number of rotatable bonds is 4. The molecule has 8 aliphatic rings. The summed E-state index contributed by atoms with van der Waals surface area (Å²) in [5.41, 5.74) is 3.05. The van der Waals surface area contributed by atoms with Crippen molar-refractivity contribution in [3.63, 3.8) is 0 Å². The van der Waals surface area contributed by atoms with Gasteiger partial charge in [0.15, 0.2) is 24.0 Å². The maximum absolute atomic E-state index is 11.8. The molecule has 4 aliphatic carbocycles. The van der Waals surface area contributed by atoms with Gasteiger partial charge in [-0.05, 0) is 92.1 Å². The molecule has 4 heterocycles. The third-order valence-corrected chi connectivity index (χ3v) is 14.3. The maximum atomic E-state index is 11.8. The van der Waals surface area contributed by atoms with Gasteiger partial charge in [0.2, 0.25) is 0 Å². The van der Waals surface area contributed by atoms with Gasteiger partial charge >= 0.3 is 0 Å². The number of hydrogen-bond donors (Lipinski definition) is 6. The lowest BCUT2D eigenvalue weighted by atomic mass is 9.51. The predicted molar refractivity (Wildman–Crippen MR) is 162 cm³/mol. The van der Waals surface area contributed by atoms with Gasteiger partial charge in [-0.25, -0.2) is 0 Å². The van der Waals surface area contributed by atoms with Gasteiger partial charge < -0.3 is 54.3 Å². The van der Waals surface area contributed by atoms with E-state index in [0.29, 0.717) is 12.5 Å². The van der Waals surface area contributed by atoms with Crippen molar-refractivity contribution < 1.29 is 54.3 Å². The summed E-state index contributed by atoms with van der Waals surface area (Å²) < 4.78 is 30.5. The Bertz CT molecular complexity index is 1300. The van der Waals surface area contributed by atoms with Crippen LogP contribution in [0.3, 0.4) is 0 Å². The third kappa shape index (κ3) is 4.17. The Morgan fingerprint density at radius 1 is 0.957 bits per heavy atom. The molecule has 0 aromatic rings. The van der Waals surface area contributed by atoms with Crippen LogP contribution in [0.15, 0.2) is 22.8 Å². The average molecular weight is 649 g/mol. The lowest BCUT2D eigenvalue weighted by molar-refractivity contribution is -0.315. The van der Waals surface area contributed by atoms with Crippen LogP contribution in [0, 0.1) is 34.5 Å². The normalized spacial score (nSPS) is 57.9. The first-order valence-corrected chi connectivity index (χ1v) is 17.5. The number of ether oxygens (including phenoxy) is 5. The molecule has 6 N–H and O–H groups in total. The highest BCUT2D eigenvalue weighted by Crippen LogP contribution is 2.66. The van der Waals surface area contributed by atoms with Gasteiger partial charge in [0.05, 0.1) is 25.4 Å². The number of fused-ring (bicyclic) bond motifs is 7. The van der Waals surface area contributed by atoms with Crippen LogP contribution in [0.2, 0.25) is 0 Å². The average Bonchev–Trinajstić information content (AvgIpc) is 3.67. The van der Waals surface area contributed by atoms with Gasteiger partial charge in [0.25, 0.3) is 0 Å². The zero-order chi connectivity index (χ0) is 32.6. The molecular formula is C35H52O11. The molecule has 0 aromatic heterocycles. The number of allylic oxidation sites excluding steroid dienone is 4. The van der Waals surface area contributed by atoms with Gasteiger partial charge in [0, 0.05) is 11.8 Å². The molecule has 258 valence electrons. The number of aliphatic hydroxyl groups is 6. The Balaban J connectivity index is 0.993. The minimum atomic E-state index is -1.44. The van der Waals surface area contributed by atoms with E-state index >= 15 is 0 Å². The van der Waals surface area contributed by atoms with Crippen LogP contribution in [0.5, 0.6) is 0 Å². The zero-order valence-electron chi connectivity index (χ0n) is 27.4. The van der Waals surface area contributed by atoms with Crippen molar-refractivity contribution in [3.8, 4) is 0 Å².